The first kappa shape index (κ1) is 23.7. The van der Waals surface area contributed by atoms with Gasteiger partial charge in [-0.1, -0.05) is 54.6 Å². The van der Waals surface area contributed by atoms with Crippen LogP contribution in [0.5, 0.6) is 5.75 Å². The fraction of sp³-hybridized carbons (Fsp3) is 0.281. The van der Waals surface area contributed by atoms with Crippen molar-refractivity contribution in [2.45, 2.75) is 57.7 Å². The minimum absolute atomic E-state index is 0.00534. The van der Waals surface area contributed by atoms with E-state index < -0.39 is 5.60 Å². The van der Waals surface area contributed by atoms with Crippen molar-refractivity contribution in [3.8, 4) is 16.9 Å². The Kier molecular flexibility index (Phi) is 5.98. The molecular weight excluding hydrogens is 464 g/mol. The molecule has 4 aromatic rings. The van der Waals surface area contributed by atoms with Crippen molar-refractivity contribution in [1.29, 1.82) is 0 Å². The van der Waals surface area contributed by atoms with Gasteiger partial charge in [0.2, 0.25) is 0 Å². The van der Waals surface area contributed by atoms with Gasteiger partial charge < -0.3 is 19.3 Å². The minimum atomic E-state index is -0.904. The highest BCUT2D eigenvalue weighted by molar-refractivity contribution is 6.07. The van der Waals surface area contributed by atoms with Gasteiger partial charge in [-0.25, -0.2) is 4.79 Å². The second kappa shape index (κ2) is 9.33. The molecule has 2 atom stereocenters. The largest absolute Gasteiger partial charge is 0.489 e. The zero-order valence-corrected chi connectivity index (χ0v) is 21.1. The Hall–Kier alpha value is -3.67. The van der Waals surface area contributed by atoms with Gasteiger partial charge in [0.15, 0.2) is 0 Å². The van der Waals surface area contributed by atoms with E-state index in [-0.39, 0.29) is 18.2 Å². The Bertz CT molecular complexity index is 1470. The molecule has 0 amide bonds. The molecule has 37 heavy (non-hydrogen) atoms. The number of cyclic esters (lactones) is 1. The highest BCUT2D eigenvalue weighted by Gasteiger charge is 2.38. The lowest BCUT2D eigenvalue weighted by atomic mass is 9.81. The molecule has 188 valence electrons. The van der Waals surface area contributed by atoms with Gasteiger partial charge >= 0.3 is 5.97 Å². The first-order valence-corrected chi connectivity index (χ1v) is 12.8. The first-order chi connectivity index (χ1) is 17.9. The maximum absolute atomic E-state index is 12.4. The zero-order valence-electron chi connectivity index (χ0n) is 21.1. The van der Waals surface area contributed by atoms with Gasteiger partial charge in [-0.3, -0.25) is 0 Å². The molecule has 0 saturated carbocycles. The van der Waals surface area contributed by atoms with E-state index in [0.29, 0.717) is 31.6 Å². The molecule has 0 aliphatic carbocycles. The summed E-state index contributed by atoms with van der Waals surface area (Å²) >= 11 is 0. The van der Waals surface area contributed by atoms with Gasteiger partial charge in [0, 0.05) is 18.4 Å². The smallest absolute Gasteiger partial charge is 0.338 e. The van der Waals surface area contributed by atoms with Crippen molar-refractivity contribution in [2.75, 3.05) is 0 Å². The van der Waals surface area contributed by atoms with E-state index >= 15 is 0 Å². The second-order valence-corrected chi connectivity index (χ2v) is 10.3. The average Bonchev–Trinajstić information content (AvgIpc) is 3.25. The van der Waals surface area contributed by atoms with Crippen LogP contribution in [-0.4, -0.2) is 23.3 Å². The molecule has 5 heteroatoms. The molecule has 1 N–H and O–H groups in total. The highest BCUT2D eigenvalue weighted by Crippen LogP contribution is 2.40. The summed E-state index contributed by atoms with van der Waals surface area (Å²) in [4.78, 5) is 12.4. The molecule has 4 aromatic carbocycles. The maximum atomic E-state index is 12.4. The van der Waals surface area contributed by atoms with Gasteiger partial charge in [-0.15, -0.1) is 0 Å². The summed E-state index contributed by atoms with van der Waals surface area (Å²) in [6.45, 7) is 4.67. The van der Waals surface area contributed by atoms with Crippen molar-refractivity contribution in [2.24, 2.45) is 0 Å². The molecule has 0 spiro atoms. The van der Waals surface area contributed by atoms with Crippen molar-refractivity contribution >= 4 is 16.7 Å². The van der Waals surface area contributed by atoms with Crippen LogP contribution in [0, 0.1) is 0 Å². The lowest BCUT2D eigenvalue weighted by molar-refractivity contribution is -0.135. The third-order valence-electron chi connectivity index (χ3n) is 7.43. The third-order valence-corrected chi connectivity index (χ3v) is 7.43. The molecule has 1 fully saturated rings. The van der Waals surface area contributed by atoms with Crippen molar-refractivity contribution < 1.29 is 24.1 Å². The van der Waals surface area contributed by atoms with Crippen LogP contribution in [0.2, 0.25) is 0 Å². The van der Waals surface area contributed by atoms with Crippen LogP contribution in [-0.2, 0) is 28.3 Å². The summed E-state index contributed by atoms with van der Waals surface area (Å²) < 4.78 is 17.4. The molecule has 2 unspecified atom stereocenters. The normalized spacial score (nSPS) is 23.1. The molecule has 6 rings (SSSR count). The molecule has 2 aliphatic rings. The van der Waals surface area contributed by atoms with Crippen LogP contribution in [0.25, 0.3) is 21.9 Å². The van der Waals surface area contributed by atoms with E-state index in [2.05, 4.69) is 18.2 Å². The van der Waals surface area contributed by atoms with Crippen LogP contribution in [0.15, 0.2) is 78.9 Å². The number of carbonyl (C=O) groups excluding carboxylic acids is 1. The molecular formula is C32H30O5. The Morgan fingerprint density at radius 3 is 2.51 bits per heavy atom. The van der Waals surface area contributed by atoms with Gasteiger partial charge in [0.1, 0.15) is 19.0 Å². The van der Waals surface area contributed by atoms with Gasteiger partial charge in [-0.05, 0) is 71.1 Å². The number of ether oxygens (including phenoxy) is 3. The zero-order chi connectivity index (χ0) is 25.6. The Morgan fingerprint density at radius 2 is 1.73 bits per heavy atom. The monoisotopic (exact) mass is 494 g/mol. The molecule has 0 bridgehead atoms. The predicted octanol–water partition coefficient (Wildman–Crippen LogP) is 6.53. The average molecular weight is 495 g/mol. The molecule has 5 nitrogen and oxygen atoms in total. The van der Waals surface area contributed by atoms with Gasteiger partial charge in [-0.2, -0.15) is 0 Å². The number of hydrogen-bond donors (Lipinski definition) is 1. The highest BCUT2D eigenvalue weighted by atomic mass is 16.5. The predicted molar refractivity (Wildman–Crippen MR) is 142 cm³/mol. The Balaban J connectivity index is 1.29. The number of rotatable bonds is 5. The van der Waals surface area contributed by atoms with Crippen LogP contribution >= 0.6 is 0 Å². The lowest BCUT2D eigenvalue weighted by Gasteiger charge is -2.39. The SMILES string of the molecule is CC1CC(O)(c2cccc(COc3ccc4c(-c5ccccc5)c5c(cc4c3)C(=O)OC5)c2)CC(C)O1. The number of fused-ring (bicyclic) bond motifs is 2. The number of esters is 1. The summed E-state index contributed by atoms with van der Waals surface area (Å²) in [5.41, 5.74) is 4.62. The van der Waals surface area contributed by atoms with E-state index in [4.69, 9.17) is 14.2 Å². The maximum Gasteiger partial charge on any atom is 0.338 e. The fourth-order valence-corrected chi connectivity index (χ4v) is 5.88. The van der Waals surface area contributed by atoms with Crippen LogP contribution in [0.4, 0.5) is 0 Å². The van der Waals surface area contributed by atoms with E-state index in [0.717, 1.165) is 44.3 Å². The molecule has 2 aliphatic heterocycles. The number of aliphatic hydroxyl groups is 1. The quantitative estimate of drug-likeness (QED) is 0.320. The Morgan fingerprint density at radius 1 is 0.946 bits per heavy atom. The summed E-state index contributed by atoms with van der Waals surface area (Å²) in [5, 5.41) is 13.4. The minimum Gasteiger partial charge on any atom is -0.489 e. The summed E-state index contributed by atoms with van der Waals surface area (Å²) in [6.07, 6.45) is 1.16. The van der Waals surface area contributed by atoms with E-state index in [9.17, 15) is 9.90 Å². The Labute approximate surface area is 216 Å². The van der Waals surface area contributed by atoms with Gasteiger partial charge in [0.05, 0.1) is 23.4 Å². The summed E-state index contributed by atoms with van der Waals surface area (Å²) in [7, 11) is 0. The summed E-state index contributed by atoms with van der Waals surface area (Å²) in [6, 6.07) is 26.0. The van der Waals surface area contributed by atoms with Crippen molar-refractivity contribution in [3.63, 3.8) is 0 Å². The third kappa shape index (κ3) is 4.50. The van der Waals surface area contributed by atoms with Crippen LogP contribution in [0.1, 0.15) is 53.7 Å². The van der Waals surface area contributed by atoms with Crippen molar-refractivity contribution in [3.05, 3.63) is 101 Å². The molecule has 1 saturated heterocycles. The topological polar surface area (TPSA) is 65.0 Å². The van der Waals surface area contributed by atoms with Gasteiger partial charge in [0.25, 0.3) is 0 Å². The molecule has 0 aromatic heterocycles. The van der Waals surface area contributed by atoms with E-state index in [1.165, 1.54) is 0 Å². The van der Waals surface area contributed by atoms with Crippen LogP contribution in [0.3, 0.4) is 0 Å². The number of benzene rings is 4. The summed E-state index contributed by atoms with van der Waals surface area (Å²) in [5.74, 6) is 0.433. The number of carbonyl (C=O) groups is 1. The second-order valence-electron chi connectivity index (χ2n) is 10.3. The molecule has 2 heterocycles. The number of hydrogen-bond acceptors (Lipinski definition) is 5. The van der Waals surface area contributed by atoms with Crippen LogP contribution < -0.4 is 4.74 Å². The fourth-order valence-electron chi connectivity index (χ4n) is 5.88. The standard InChI is InChI=1S/C32H30O5/c1-20-16-32(34,17-21(2)37-20)25-10-6-7-22(13-25)18-35-26-11-12-27-24(14-26)15-28-29(19-36-31(28)33)30(27)23-8-4-3-5-9-23/h3-15,20-21,34H,16-19H2,1-2H3. The van der Waals surface area contributed by atoms with E-state index in [1.54, 1.807) is 0 Å². The van der Waals surface area contributed by atoms with E-state index in [1.807, 2.05) is 74.5 Å². The van der Waals surface area contributed by atoms with Crippen molar-refractivity contribution in [1.82, 2.24) is 0 Å². The lowest BCUT2D eigenvalue weighted by Crippen LogP contribution is -2.41. The first-order valence-electron chi connectivity index (χ1n) is 12.8. The molecule has 0 radical (unpaired) electrons.